The molecule has 0 saturated carbocycles. The molecule has 19 aromatic carbocycles. The van der Waals surface area contributed by atoms with E-state index in [4.69, 9.17) is 43.2 Å². The maximum absolute atomic E-state index is 6.35. The van der Waals surface area contributed by atoms with Gasteiger partial charge >= 0.3 is 0 Å². The number of rotatable bonds is 7. The predicted octanol–water partition coefficient (Wildman–Crippen LogP) is 32.6. The smallest absolute Gasteiger partial charge is 0.136 e. The number of benzene rings is 19. The van der Waals surface area contributed by atoms with Gasteiger partial charge in [-0.15, -0.1) is 0 Å². The summed E-state index contributed by atoms with van der Waals surface area (Å²) in [5.41, 5.74) is 30.5. The number of pyridine rings is 6. The fourth-order valence-corrected chi connectivity index (χ4v) is 20.0. The summed E-state index contributed by atoms with van der Waals surface area (Å²) >= 11 is 0. The van der Waals surface area contributed by atoms with Gasteiger partial charge in [-0.1, -0.05) is 303 Å². The van der Waals surface area contributed by atoms with Crippen LogP contribution in [0, 0.1) is 0 Å². The Morgan fingerprint density at radius 2 is 0.388 bits per heavy atom. The molecule has 9 aromatic heterocycles. The number of hydrogen-bond donors (Lipinski definition) is 0. The molecule has 598 valence electrons. The van der Waals surface area contributed by atoms with Crippen LogP contribution in [-0.4, -0.2) is 29.9 Å². The van der Waals surface area contributed by atoms with Crippen LogP contribution in [0.25, 0.3) is 274 Å². The minimum atomic E-state index is 0.899. The van der Waals surface area contributed by atoms with E-state index in [0.29, 0.717) is 0 Å². The second-order valence-corrected chi connectivity index (χ2v) is 33.3. The highest BCUT2D eigenvalue weighted by Crippen LogP contribution is 2.50. The molecule has 28 aromatic rings. The van der Waals surface area contributed by atoms with Gasteiger partial charge < -0.3 is 13.3 Å². The first-order chi connectivity index (χ1) is 63.9. The second-order valence-electron chi connectivity index (χ2n) is 33.3. The van der Waals surface area contributed by atoms with Gasteiger partial charge in [0.25, 0.3) is 0 Å². The number of nitrogens with zero attached hydrogens (tertiary/aromatic N) is 6. The number of para-hydroxylation sites is 6. The van der Waals surface area contributed by atoms with Crippen LogP contribution >= 0.6 is 0 Å². The number of hydrogen-bond acceptors (Lipinski definition) is 9. The molecular formula is C120H70N6O3. The molecule has 0 fully saturated rings. The highest BCUT2D eigenvalue weighted by atomic mass is 16.3. The summed E-state index contributed by atoms with van der Waals surface area (Å²) in [6.45, 7) is 0. The predicted molar refractivity (Wildman–Crippen MR) is 536 cm³/mol. The highest BCUT2D eigenvalue weighted by molar-refractivity contribution is 6.29. The van der Waals surface area contributed by atoms with Gasteiger partial charge in [-0.2, -0.15) is 0 Å². The number of furan rings is 3. The summed E-state index contributed by atoms with van der Waals surface area (Å²) in [5.74, 6) is 0. The van der Waals surface area contributed by atoms with Crippen LogP contribution in [0.4, 0.5) is 0 Å². The lowest BCUT2D eigenvalue weighted by Crippen LogP contribution is -1.95. The molecule has 0 saturated heterocycles. The molecule has 28 rings (SSSR count). The molecule has 0 unspecified atom stereocenters. The van der Waals surface area contributed by atoms with E-state index in [1.165, 1.54) is 93.5 Å². The lowest BCUT2D eigenvalue weighted by Gasteiger charge is -2.20. The summed E-state index contributed by atoms with van der Waals surface area (Å²) in [5, 5.41) is 24.1. The van der Waals surface area contributed by atoms with Crippen LogP contribution in [0.1, 0.15) is 0 Å². The van der Waals surface area contributed by atoms with Crippen molar-refractivity contribution in [1.82, 2.24) is 29.9 Å². The maximum Gasteiger partial charge on any atom is 0.136 e. The van der Waals surface area contributed by atoms with Gasteiger partial charge in [-0.3, -0.25) is 15.0 Å². The van der Waals surface area contributed by atoms with Gasteiger partial charge in [0.15, 0.2) is 0 Å². The Bertz CT molecular complexity index is 9490. The molecule has 0 N–H and O–H groups in total. The average Bonchev–Trinajstić information content (AvgIpc) is 1.47. The average molecular weight is 1640 g/mol. The van der Waals surface area contributed by atoms with E-state index >= 15 is 0 Å². The van der Waals surface area contributed by atoms with Gasteiger partial charge in [-0.05, 0) is 197 Å². The van der Waals surface area contributed by atoms with Gasteiger partial charge in [0, 0.05) is 116 Å². The lowest BCUT2D eigenvalue weighted by molar-refractivity contribution is 0.668. The quantitative estimate of drug-likeness (QED) is 0.114. The maximum atomic E-state index is 6.35. The van der Waals surface area contributed by atoms with E-state index < -0.39 is 0 Å². The van der Waals surface area contributed by atoms with E-state index in [2.05, 4.69) is 340 Å². The fourth-order valence-electron chi connectivity index (χ4n) is 20.0. The van der Waals surface area contributed by atoms with Crippen molar-refractivity contribution in [3.05, 3.63) is 425 Å². The normalized spacial score (nSPS) is 11.9. The standard InChI is InChI=1S/C42H24N2O.C40H24N2O.C38H22N2O/c1-3-14-31-29(12-1)38(26-20-21-28-27-11-6-8-18-36(27)45-37(28)24-26)30-13-2-4-15-32(30)39(31)40-33-16-5-7-17-35(33)44-42-34(40)22-19-25-10-9-23-43-41(25)42;1-3-9-35-33(8-1)38(34-22-19-29-6-5-23-41-39(29)40(34)42-35)28-17-15-26(16-18-28)25-11-13-27(14-12-25)30-20-21-32-31-7-2-4-10-36(31)43-37(32)24-30;1-3-9-33-31(8-1)36(32-18-15-23-6-5-19-39-37(23)38(32)40-33)28-14-13-24-20-25(11-12-26(24)21-28)27-16-17-30-29-7-2-4-10-34(29)41-35(30)22-27/h1-24H;1-24H;1-22H. The first-order valence-electron chi connectivity index (χ1n) is 43.6. The molecule has 9 heterocycles. The lowest BCUT2D eigenvalue weighted by atomic mass is 9.84. The third-order valence-corrected chi connectivity index (χ3v) is 26.1. The van der Waals surface area contributed by atoms with Crippen molar-refractivity contribution in [1.29, 1.82) is 0 Å². The zero-order chi connectivity index (χ0) is 84.7. The molecule has 129 heavy (non-hydrogen) atoms. The summed E-state index contributed by atoms with van der Waals surface area (Å²) in [6.07, 6.45) is 5.55. The SMILES string of the molecule is c1cnc2c(c1)ccc1c(-c3c4ccccc4c(-c4ccc5c(c4)oc4ccccc45)c4ccccc34)c3ccccc3nc12.c1cnc2c(c1)ccc1c(-c3ccc(-c4ccc(-c5ccc6c(c5)oc5ccccc56)cc4)cc3)c3ccccc3nc12.c1cnc2c(c1)ccc1c(-c3ccc4cc(-c5ccc6c(c5)oc5ccccc56)ccc4c3)c3ccccc3nc12. The Labute approximate surface area is 737 Å². The molecule has 0 bridgehead atoms. The summed E-state index contributed by atoms with van der Waals surface area (Å²) in [6, 6.07) is 144. The van der Waals surface area contributed by atoms with Crippen LogP contribution in [0.2, 0.25) is 0 Å². The van der Waals surface area contributed by atoms with Crippen LogP contribution in [0.15, 0.2) is 438 Å². The van der Waals surface area contributed by atoms with Crippen molar-refractivity contribution in [2.24, 2.45) is 0 Å². The first-order valence-corrected chi connectivity index (χ1v) is 43.6. The molecular weight excluding hydrogens is 1570 g/mol. The van der Waals surface area contributed by atoms with Crippen LogP contribution in [0.5, 0.6) is 0 Å². The van der Waals surface area contributed by atoms with Crippen LogP contribution < -0.4 is 0 Å². The zero-order valence-electron chi connectivity index (χ0n) is 69.3. The molecule has 0 atom stereocenters. The van der Waals surface area contributed by atoms with E-state index in [0.717, 1.165) is 181 Å². The Morgan fingerprint density at radius 1 is 0.140 bits per heavy atom. The molecule has 0 aliphatic heterocycles. The molecule has 0 aliphatic carbocycles. The van der Waals surface area contributed by atoms with Crippen molar-refractivity contribution in [3.8, 4) is 77.9 Å². The number of aromatic nitrogens is 6. The molecule has 0 aliphatic rings. The molecule has 0 radical (unpaired) electrons. The van der Waals surface area contributed by atoms with Crippen molar-refractivity contribution < 1.29 is 13.3 Å². The minimum absolute atomic E-state index is 0.899. The fraction of sp³-hybridized carbons (Fsp3) is 0. The summed E-state index contributed by atoms with van der Waals surface area (Å²) < 4.78 is 18.6. The summed E-state index contributed by atoms with van der Waals surface area (Å²) in [4.78, 5) is 29.5. The van der Waals surface area contributed by atoms with Crippen LogP contribution in [0.3, 0.4) is 0 Å². The Kier molecular flexibility index (Phi) is 16.8. The zero-order valence-corrected chi connectivity index (χ0v) is 69.3. The third kappa shape index (κ3) is 12.2. The Hall–Kier alpha value is -17.4. The highest BCUT2D eigenvalue weighted by Gasteiger charge is 2.25. The summed E-state index contributed by atoms with van der Waals surface area (Å²) in [7, 11) is 0. The Balaban J connectivity index is 0.000000102. The van der Waals surface area contributed by atoms with E-state index in [1.807, 2.05) is 85.3 Å². The van der Waals surface area contributed by atoms with Gasteiger partial charge in [0.2, 0.25) is 0 Å². The van der Waals surface area contributed by atoms with E-state index in [1.54, 1.807) is 0 Å². The second kappa shape index (κ2) is 29.7. The Morgan fingerprint density at radius 3 is 0.822 bits per heavy atom. The van der Waals surface area contributed by atoms with Gasteiger partial charge in [-0.25, -0.2) is 15.0 Å². The monoisotopic (exact) mass is 1640 g/mol. The largest absolute Gasteiger partial charge is 0.456 e. The topological polar surface area (TPSA) is 117 Å². The third-order valence-electron chi connectivity index (χ3n) is 26.1. The van der Waals surface area contributed by atoms with E-state index in [9.17, 15) is 0 Å². The van der Waals surface area contributed by atoms with Crippen LogP contribution in [-0.2, 0) is 0 Å². The first kappa shape index (κ1) is 73.2. The van der Waals surface area contributed by atoms with Crippen molar-refractivity contribution in [3.63, 3.8) is 0 Å². The van der Waals surface area contributed by atoms with Crippen molar-refractivity contribution in [2.45, 2.75) is 0 Å². The molecule has 0 spiro atoms. The van der Waals surface area contributed by atoms with Gasteiger partial charge in [0.05, 0.1) is 49.7 Å². The molecule has 9 nitrogen and oxygen atoms in total. The molecule has 9 heteroatoms. The molecule has 0 amide bonds. The van der Waals surface area contributed by atoms with E-state index in [-0.39, 0.29) is 0 Å². The van der Waals surface area contributed by atoms with Crippen molar-refractivity contribution in [2.75, 3.05) is 0 Å². The van der Waals surface area contributed by atoms with Gasteiger partial charge in [0.1, 0.15) is 33.5 Å². The number of fused-ring (bicyclic) bond motifs is 24. The minimum Gasteiger partial charge on any atom is -0.456 e. The van der Waals surface area contributed by atoms with Crippen molar-refractivity contribution >= 4 is 196 Å².